The number of carbonyl (C=O) groups excluding carboxylic acids is 1. The molecule has 1 fully saturated rings. The van der Waals surface area contributed by atoms with Crippen LogP contribution in [0.25, 0.3) is 0 Å². The van der Waals surface area contributed by atoms with E-state index < -0.39 is 23.3 Å². The van der Waals surface area contributed by atoms with Gasteiger partial charge >= 0.3 is 6.18 Å². The molecule has 0 saturated carbocycles. The molecule has 1 saturated heterocycles. The van der Waals surface area contributed by atoms with Crippen LogP contribution in [0.4, 0.5) is 13.2 Å². The second kappa shape index (κ2) is 5.98. The third-order valence-electron chi connectivity index (χ3n) is 3.84. The van der Waals surface area contributed by atoms with Crippen LogP contribution >= 0.6 is 0 Å². The van der Waals surface area contributed by atoms with Crippen molar-refractivity contribution in [1.29, 1.82) is 0 Å². The van der Waals surface area contributed by atoms with Crippen LogP contribution in [0.2, 0.25) is 0 Å². The number of nitrogens with one attached hydrogen (secondary N) is 1. The Morgan fingerprint density at radius 3 is 2.87 bits per heavy atom. The number of amides is 1. The summed E-state index contributed by atoms with van der Waals surface area (Å²) in [6.07, 6.45) is -0.561. The lowest BCUT2D eigenvalue weighted by atomic mass is 9.97. The van der Waals surface area contributed by atoms with Crippen molar-refractivity contribution >= 4 is 5.91 Å². The lowest BCUT2D eigenvalue weighted by Gasteiger charge is -2.31. The SMILES string of the molecule is O=C(c1ncccc1C(F)(F)F)N1CCCC(c2ncn[nH]2)C1. The van der Waals surface area contributed by atoms with Gasteiger partial charge in [0.15, 0.2) is 0 Å². The van der Waals surface area contributed by atoms with Crippen molar-refractivity contribution in [3.63, 3.8) is 0 Å². The van der Waals surface area contributed by atoms with Crippen LogP contribution in [0.3, 0.4) is 0 Å². The highest BCUT2D eigenvalue weighted by Gasteiger charge is 2.38. The summed E-state index contributed by atoms with van der Waals surface area (Å²) in [5.41, 5.74) is -1.56. The van der Waals surface area contributed by atoms with E-state index in [4.69, 9.17) is 0 Å². The number of hydrogen-bond donors (Lipinski definition) is 1. The average molecular weight is 325 g/mol. The zero-order valence-electron chi connectivity index (χ0n) is 12.0. The maximum atomic E-state index is 13.0. The summed E-state index contributed by atoms with van der Waals surface area (Å²) in [4.78, 5) is 21.6. The Hall–Kier alpha value is -2.45. The third kappa shape index (κ3) is 3.17. The fraction of sp³-hybridized carbons (Fsp3) is 0.429. The summed E-state index contributed by atoms with van der Waals surface area (Å²) in [6, 6.07) is 2.05. The lowest BCUT2D eigenvalue weighted by molar-refractivity contribution is -0.138. The van der Waals surface area contributed by atoms with Crippen LogP contribution in [-0.2, 0) is 6.18 Å². The molecule has 0 spiro atoms. The molecule has 1 amide bonds. The molecule has 2 aromatic rings. The smallest absolute Gasteiger partial charge is 0.337 e. The molecule has 2 aromatic heterocycles. The lowest BCUT2D eigenvalue weighted by Crippen LogP contribution is -2.40. The Bertz CT molecular complexity index is 686. The first kappa shape index (κ1) is 15.4. The topological polar surface area (TPSA) is 74.8 Å². The highest BCUT2D eigenvalue weighted by Crippen LogP contribution is 2.32. The second-order valence-electron chi connectivity index (χ2n) is 5.36. The monoisotopic (exact) mass is 325 g/mol. The first-order chi connectivity index (χ1) is 11.0. The molecule has 0 bridgehead atoms. The molecule has 1 atom stereocenters. The first-order valence-electron chi connectivity index (χ1n) is 7.13. The van der Waals surface area contributed by atoms with Crippen LogP contribution in [0.15, 0.2) is 24.7 Å². The molecule has 122 valence electrons. The van der Waals surface area contributed by atoms with Crippen LogP contribution < -0.4 is 0 Å². The summed E-state index contributed by atoms with van der Waals surface area (Å²) < 4.78 is 39.1. The number of rotatable bonds is 2. The number of aromatic nitrogens is 4. The number of hydrogen-bond acceptors (Lipinski definition) is 4. The average Bonchev–Trinajstić information content (AvgIpc) is 3.08. The quantitative estimate of drug-likeness (QED) is 0.919. The predicted octanol–water partition coefficient (Wildman–Crippen LogP) is 2.24. The van der Waals surface area contributed by atoms with E-state index in [0.29, 0.717) is 25.3 Å². The molecular formula is C14H14F3N5O. The predicted molar refractivity (Wildman–Crippen MR) is 73.5 cm³/mol. The highest BCUT2D eigenvalue weighted by atomic mass is 19.4. The van der Waals surface area contributed by atoms with E-state index in [1.54, 1.807) is 0 Å². The van der Waals surface area contributed by atoms with Gasteiger partial charge in [-0.3, -0.25) is 14.9 Å². The standard InChI is InChI=1S/C14H14F3N5O/c15-14(16,17)10-4-1-5-18-11(10)13(23)22-6-2-3-9(7-22)12-19-8-20-21-12/h1,4-5,8-9H,2-3,6-7H2,(H,19,20,21). The van der Waals surface area contributed by atoms with Gasteiger partial charge < -0.3 is 4.90 Å². The van der Waals surface area contributed by atoms with E-state index in [-0.39, 0.29) is 5.92 Å². The zero-order chi connectivity index (χ0) is 16.4. The first-order valence-corrected chi connectivity index (χ1v) is 7.13. The van der Waals surface area contributed by atoms with Crippen molar-refractivity contribution in [2.45, 2.75) is 24.9 Å². The maximum absolute atomic E-state index is 13.0. The minimum atomic E-state index is -4.61. The van der Waals surface area contributed by atoms with Gasteiger partial charge in [-0.2, -0.15) is 18.3 Å². The van der Waals surface area contributed by atoms with Gasteiger partial charge in [-0.15, -0.1) is 0 Å². The van der Waals surface area contributed by atoms with Crippen molar-refractivity contribution in [3.8, 4) is 0 Å². The van der Waals surface area contributed by atoms with Gasteiger partial charge in [-0.25, -0.2) is 4.98 Å². The number of likely N-dealkylation sites (tertiary alicyclic amines) is 1. The minimum Gasteiger partial charge on any atom is -0.337 e. The molecule has 1 aliphatic heterocycles. The van der Waals surface area contributed by atoms with E-state index in [0.717, 1.165) is 12.5 Å². The van der Waals surface area contributed by atoms with Gasteiger partial charge in [-0.05, 0) is 25.0 Å². The van der Waals surface area contributed by atoms with Gasteiger partial charge in [0.1, 0.15) is 17.8 Å². The number of halogens is 3. The van der Waals surface area contributed by atoms with Crippen LogP contribution in [0, 0.1) is 0 Å². The van der Waals surface area contributed by atoms with E-state index in [1.165, 1.54) is 23.5 Å². The Balaban J connectivity index is 1.83. The molecule has 1 aliphatic rings. The van der Waals surface area contributed by atoms with Crippen molar-refractivity contribution in [1.82, 2.24) is 25.1 Å². The van der Waals surface area contributed by atoms with Crippen molar-refractivity contribution in [2.75, 3.05) is 13.1 Å². The van der Waals surface area contributed by atoms with E-state index in [9.17, 15) is 18.0 Å². The third-order valence-corrected chi connectivity index (χ3v) is 3.84. The summed E-state index contributed by atoms with van der Waals surface area (Å²) in [7, 11) is 0. The molecule has 0 aliphatic carbocycles. The number of carbonyl (C=O) groups is 1. The fourth-order valence-electron chi connectivity index (χ4n) is 2.75. The van der Waals surface area contributed by atoms with Crippen LogP contribution in [0.5, 0.6) is 0 Å². The largest absolute Gasteiger partial charge is 0.418 e. The number of H-pyrrole nitrogens is 1. The second-order valence-corrected chi connectivity index (χ2v) is 5.36. The number of alkyl halides is 3. The van der Waals surface area contributed by atoms with Gasteiger partial charge in [0.25, 0.3) is 5.91 Å². The zero-order valence-corrected chi connectivity index (χ0v) is 12.0. The summed E-state index contributed by atoms with van der Waals surface area (Å²) >= 11 is 0. The number of piperidine rings is 1. The summed E-state index contributed by atoms with van der Waals surface area (Å²) in [5, 5.41) is 6.52. The Kier molecular flexibility index (Phi) is 4.01. The Morgan fingerprint density at radius 1 is 1.35 bits per heavy atom. The molecule has 6 nitrogen and oxygen atoms in total. The fourth-order valence-corrected chi connectivity index (χ4v) is 2.75. The van der Waals surface area contributed by atoms with E-state index in [2.05, 4.69) is 20.2 Å². The molecule has 23 heavy (non-hydrogen) atoms. The van der Waals surface area contributed by atoms with Crippen molar-refractivity contribution in [3.05, 3.63) is 41.7 Å². The van der Waals surface area contributed by atoms with Crippen LogP contribution in [0.1, 0.15) is 40.6 Å². The summed E-state index contributed by atoms with van der Waals surface area (Å²) in [5.74, 6) is -0.130. The minimum absolute atomic E-state index is 0.0618. The van der Waals surface area contributed by atoms with Gasteiger partial charge in [0.2, 0.25) is 0 Å². The van der Waals surface area contributed by atoms with Crippen LogP contribution in [-0.4, -0.2) is 44.1 Å². The molecule has 3 heterocycles. The van der Waals surface area contributed by atoms with Gasteiger partial charge in [-0.1, -0.05) is 0 Å². The van der Waals surface area contributed by atoms with E-state index >= 15 is 0 Å². The molecular weight excluding hydrogens is 311 g/mol. The number of nitrogens with zero attached hydrogens (tertiary/aromatic N) is 4. The highest BCUT2D eigenvalue weighted by molar-refractivity contribution is 5.94. The molecule has 0 aromatic carbocycles. The molecule has 3 rings (SSSR count). The Labute approximate surface area is 129 Å². The normalized spacial score (nSPS) is 18.9. The van der Waals surface area contributed by atoms with Gasteiger partial charge in [0.05, 0.1) is 5.56 Å². The van der Waals surface area contributed by atoms with E-state index in [1.807, 2.05) is 0 Å². The number of aromatic amines is 1. The van der Waals surface area contributed by atoms with Crippen molar-refractivity contribution in [2.24, 2.45) is 0 Å². The molecule has 1 N–H and O–H groups in total. The summed E-state index contributed by atoms with van der Waals surface area (Å²) in [6.45, 7) is 0.694. The molecule has 9 heteroatoms. The Morgan fingerprint density at radius 2 is 2.17 bits per heavy atom. The molecule has 1 unspecified atom stereocenters. The van der Waals surface area contributed by atoms with Gasteiger partial charge in [0, 0.05) is 25.2 Å². The molecule has 0 radical (unpaired) electrons. The number of pyridine rings is 1. The maximum Gasteiger partial charge on any atom is 0.418 e. The van der Waals surface area contributed by atoms with Crippen molar-refractivity contribution < 1.29 is 18.0 Å².